The quantitative estimate of drug-likeness (QED) is 0.436. The maximum absolute atomic E-state index is 13.0. The van der Waals surface area contributed by atoms with Crippen molar-refractivity contribution in [3.05, 3.63) is 57.7 Å². The topological polar surface area (TPSA) is 105 Å². The summed E-state index contributed by atoms with van der Waals surface area (Å²) in [7, 11) is 0. The van der Waals surface area contributed by atoms with Crippen LogP contribution in [0.1, 0.15) is 50.5 Å². The summed E-state index contributed by atoms with van der Waals surface area (Å²) >= 11 is 1.69. The van der Waals surface area contributed by atoms with Gasteiger partial charge in [-0.3, -0.25) is 20.4 Å². The first kappa shape index (κ1) is 19.8. The molecule has 0 aliphatic carbocycles. The number of rotatable bonds is 4. The zero-order valence-electron chi connectivity index (χ0n) is 17.1. The number of H-pyrrole nitrogens is 1. The first-order valence-corrected chi connectivity index (χ1v) is 10.4. The zero-order chi connectivity index (χ0) is 21.4. The largest absolute Gasteiger partial charge is 0.357 e. The van der Waals surface area contributed by atoms with Gasteiger partial charge in [-0.25, -0.2) is 9.67 Å². The van der Waals surface area contributed by atoms with Gasteiger partial charge in [-0.15, -0.1) is 11.3 Å². The van der Waals surface area contributed by atoms with E-state index in [9.17, 15) is 9.59 Å². The average Bonchev–Trinajstić information content (AvgIpc) is 3.44. The highest BCUT2D eigenvalue weighted by Crippen LogP contribution is 2.32. The van der Waals surface area contributed by atoms with Crippen LogP contribution in [0.25, 0.3) is 22.3 Å². The molecule has 0 aromatic carbocycles. The molecule has 4 heterocycles. The van der Waals surface area contributed by atoms with Crippen LogP contribution in [0.2, 0.25) is 0 Å². The van der Waals surface area contributed by atoms with E-state index < -0.39 is 11.8 Å². The van der Waals surface area contributed by atoms with Crippen molar-refractivity contribution in [3.8, 4) is 11.3 Å². The lowest BCUT2D eigenvalue weighted by Gasteiger charge is -2.11. The van der Waals surface area contributed by atoms with Crippen LogP contribution in [0.4, 0.5) is 0 Å². The molecule has 0 fully saturated rings. The Bertz CT molecular complexity index is 1240. The number of aryl methyl sites for hydroxylation is 2. The van der Waals surface area contributed by atoms with Gasteiger partial charge in [0.1, 0.15) is 5.69 Å². The molecule has 9 heteroatoms. The monoisotopic (exact) mass is 422 g/mol. The number of carbonyl (C=O) groups is 2. The van der Waals surface area contributed by atoms with Crippen LogP contribution in [-0.2, 0) is 0 Å². The van der Waals surface area contributed by atoms with E-state index in [1.165, 1.54) is 4.88 Å². The van der Waals surface area contributed by atoms with Gasteiger partial charge in [-0.1, -0.05) is 0 Å². The molecule has 0 radical (unpaired) electrons. The van der Waals surface area contributed by atoms with Crippen molar-refractivity contribution in [2.24, 2.45) is 0 Å². The molecule has 4 aromatic rings. The van der Waals surface area contributed by atoms with E-state index >= 15 is 0 Å². The van der Waals surface area contributed by atoms with Gasteiger partial charge >= 0.3 is 0 Å². The lowest BCUT2D eigenvalue weighted by molar-refractivity contribution is 0.0845. The molecule has 0 unspecified atom stereocenters. The van der Waals surface area contributed by atoms with Crippen molar-refractivity contribution >= 4 is 34.2 Å². The standard InChI is InChI=1S/C21H22N6O2S/c1-11(2)27-19-16(10-23-27)15(9-18(24-19)14-8-12(3)30-13(14)4)20(28)25-26-21(29)17-6-5-7-22-17/h5-11,22H,1-4H3,(H,25,28)(H,26,29). The summed E-state index contributed by atoms with van der Waals surface area (Å²) in [4.78, 5) is 35.0. The summed E-state index contributed by atoms with van der Waals surface area (Å²) < 4.78 is 1.79. The molecule has 4 aromatic heterocycles. The third-order valence-electron chi connectivity index (χ3n) is 4.75. The summed E-state index contributed by atoms with van der Waals surface area (Å²) in [5.74, 6) is -0.863. The third kappa shape index (κ3) is 3.59. The van der Waals surface area contributed by atoms with Crippen LogP contribution in [-0.4, -0.2) is 31.6 Å². The van der Waals surface area contributed by atoms with E-state index in [1.54, 1.807) is 46.6 Å². The number of nitrogens with zero attached hydrogens (tertiary/aromatic N) is 3. The molecule has 0 atom stereocenters. The van der Waals surface area contributed by atoms with Crippen molar-refractivity contribution in [2.45, 2.75) is 33.7 Å². The minimum atomic E-state index is -0.434. The molecule has 0 aliphatic heterocycles. The lowest BCUT2D eigenvalue weighted by Crippen LogP contribution is -2.41. The van der Waals surface area contributed by atoms with Gasteiger partial charge in [0.15, 0.2) is 5.65 Å². The Balaban J connectivity index is 1.75. The van der Waals surface area contributed by atoms with Crippen molar-refractivity contribution < 1.29 is 9.59 Å². The molecule has 2 amide bonds. The van der Waals surface area contributed by atoms with Crippen molar-refractivity contribution in [1.29, 1.82) is 0 Å². The minimum Gasteiger partial charge on any atom is -0.357 e. The number of aromatic amines is 1. The molecule has 0 spiro atoms. The Hall–Kier alpha value is -3.46. The number of fused-ring (bicyclic) bond motifs is 1. The van der Waals surface area contributed by atoms with Crippen LogP contribution in [0.5, 0.6) is 0 Å². The Morgan fingerprint density at radius 3 is 2.57 bits per heavy atom. The van der Waals surface area contributed by atoms with Gasteiger partial charge in [-0.05, 0) is 52.0 Å². The lowest BCUT2D eigenvalue weighted by atomic mass is 10.1. The summed E-state index contributed by atoms with van der Waals surface area (Å²) in [6, 6.07) is 7.23. The number of amides is 2. The van der Waals surface area contributed by atoms with E-state index in [4.69, 9.17) is 4.98 Å². The van der Waals surface area contributed by atoms with Gasteiger partial charge in [0, 0.05) is 27.6 Å². The average molecular weight is 423 g/mol. The number of thiophene rings is 1. The van der Waals surface area contributed by atoms with Gasteiger partial charge in [0.05, 0.1) is 22.8 Å². The fraction of sp³-hybridized carbons (Fsp3) is 0.238. The fourth-order valence-corrected chi connectivity index (χ4v) is 4.26. The molecule has 3 N–H and O–H groups in total. The predicted octanol–water partition coefficient (Wildman–Crippen LogP) is 3.76. The maximum Gasteiger partial charge on any atom is 0.286 e. The van der Waals surface area contributed by atoms with Crippen molar-refractivity contribution in [1.82, 2.24) is 30.6 Å². The number of hydrogen-bond acceptors (Lipinski definition) is 5. The van der Waals surface area contributed by atoms with Crippen LogP contribution in [0.3, 0.4) is 0 Å². The minimum absolute atomic E-state index is 0.0825. The first-order valence-electron chi connectivity index (χ1n) is 9.55. The van der Waals surface area contributed by atoms with E-state index in [0.717, 1.165) is 10.4 Å². The Morgan fingerprint density at radius 1 is 1.17 bits per heavy atom. The number of aromatic nitrogens is 4. The Labute approximate surface area is 177 Å². The highest BCUT2D eigenvalue weighted by Gasteiger charge is 2.20. The smallest absolute Gasteiger partial charge is 0.286 e. The second-order valence-electron chi connectivity index (χ2n) is 7.29. The second kappa shape index (κ2) is 7.75. The second-order valence-corrected chi connectivity index (χ2v) is 8.75. The molecule has 8 nitrogen and oxygen atoms in total. The van der Waals surface area contributed by atoms with Crippen LogP contribution in [0, 0.1) is 13.8 Å². The molecule has 0 aliphatic rings. The molecule has 0 saturated heterocycles. The van der Waals surface area contributed by atoms with Crippen LogP contribution >= 0.6 is 11.3 Å². The van der Waals surface area contributed by atoms with E-state index in [2.05, 4.69) is 27.0 Å². The highest BCUT2D eigenvalue weighted by atomic mass is 32.1. The first-order chi connectivity index (χ1) is 14.3. The molecular formula is C21H22N6O2S. The number of carbonyl (C=O) groups excluding carboxylic acids is 2. The maximum atomic E-state index is 13.0. The zero-order valence-corrected chi connectivity index (χ0v) is 17.9. The fourth-order valence-electron chi connectivity index (χ4n) is 3.33. The molecule has 0 bridgehead atoms. The molecule has 0 saturated carbocycles. The SMILES string of the molecule is Cc1cc(-c2cc(C(=O)NNC(=O)c3ccc[nH]3)c3cnn(C(C)C)c3n2)c(C)s1. The van der Waals surface area contributed by atoms with Crippen molar-refractivity contribution in [2.75, 3.05) is 0 Å². The highest BCUT2D eigenvalue weighted by molar-refractivity contribution is 7.12. The summed E-state index contributed by atoms with van der Waals surface area (Å²) in [6.45, 7) is 8.10. The molecule has 30 heavy (non-hydrogen) atoms. The molecular weight excluding hydrogens is 400 g/mol. The van der Waals surface area contributed by atoms with E-state index in [0.29, 0.717) is 28.0 Å². The third-order valence-corrected chi connectivity index (χ3v) is 5.72. The van der Waals surface area contributed by atoms with Crippen LogP contribution < -0.4 is 10.9 Å². The van der Waals surface area contributed by atoms with Gasteiger partial charge in [-0.2, -0.15) is 5.10 Å². The van der Waals surface area contributed by atoms with Gasteiger partial charge in [0.25, 0.3) is 11.8 Å². The predicted molar refractivity (Wildman–Crippen MR) is 116 cm³/mol. The van der Waals surface area contributed by atoms with Crippen LogP contribution in [0.15, 0.2) is 36.7 Å². The van der Waals surface area contributed by atoms with Gasteiger partial charge < -0.3 is 4.98 Å². The summed E-state index contributed by atoms with van der Waals surface area (Å²) in [5.41, 5.74) is 8.01. The van der Waals surface area contributed by atoms with E-state index in [1.807, 2.05) is 27.7 Å². The number of hydrazine groups is 1. The van der Waals surface area contributed by atoms with Gasteiger partial charge in [0.2, 0.25) is 0 Å². The number of hydrogen-bond donors (Lipinski definition) is 3. The number of pyridine rings is 1. The van der Waals surface area contributed by atoms with E-state index in [-0.39, 0.29) is 6.04 Å². The molecule has 154 valence electrons. The summed E-state index contributed by atoms with van der Waals surface area (Å²) in [6.07, 6.45) is 3.28. The van der Waals surface area contributed by atoms with Crippen molar-refractivity contribution in [3.63, 3.8) is 0 Å². The summed E-state index contributed by atoms with van der Waals surface area (Å²) in [5, 5.41) is 5.05. The Kier molecular flexibility index (Phi) is 5.13. The number of nitrogens with one attached hydrogen (secondary N) is 3. The Morgan fingerprint density at radius 2 is 1.93 bits per heavy atom. The molecule has 4 rings (SSSR count). The normalized spacial score (nSPS) is 11.2.